The molecule has 0 bridgehead atoms. The molecule has 0 fully saturated rings. The van der Waals surface area contributed by atoms with Crippen LogP contribution in [-0.4, -0.2) is 39.0 Å². The van der Waals surface area contributed by atoms with Gasteiger partial charge in [-0.15, -0.1) is 0 Å². The Morgan fingerprint density at radius 3 is 1.05 bits per heavy atom. The Kier molecular flexibility index (Phi) is 4.35. The maximum absolute atomic E-state index is 4.62. The Hall–Kier alpha value is -5.50. The highest BCUT2D eigenvalue weighted by Gasteiger charge is 2.15. The minimum atomic E-state index is 0.958. The molecule has 0 aromatic carbocycles. The molecule has 0 saturated heterocycles. The van der Waals surface area contributed by atoms with E-state index in [-0.39, 0.29) is 0 Å². The lowest BCUT2D eigenvalue weighted by Crippen LogP contribution is -1.98. The third kappa shape index (κ3) is 2.97. The summed E-state index contributed by atoms with van der Waals surface area (Å²) in [6.45, 7) is 0. The van der Waals surface area contributed by atoms with Crippen molar-refractivity contribution in [2.75, 3.05) is 0 Å². The molecule has 8 rings (SSSR count). The van der Waals surface area contributed by atoms with Crippen molar-refractivity contribution in [2.24, 2.45) is 0 Å². The molecule has 0 atom stereocenters. The molecule has 0 amide bonds. The predicted octanol–water partition coefficient (Wildman–Crippen LogP) is 5.92. The van der Waals surface area contributed by atoms with E-state index in [0.29, 0.717) is 0 Å². The molecule has 0 aliphatic heterocycles. The molecular formula is C30H18N8. The van der Waals surface area contributed by atoms with Crippen LogP contribution in [0.3, 0.4) is 0 Å². The van der Waals surface area contributed by atoms with Gasteiger partial charge in [-0.25, -0.2) is 0 Å². The van der Waals surface area contributed by atoms with Gasteiger partial charge in [-0.1, -0.05) is 0 Å². The van der Waals surface area contributed by atoms with Crippen LogP contribution in [0, 0.1) is 0 Å². The van der Waals surface area contributed by atoms with Crippen molar-refractivity contribution in [1.82, 2.24) is 39.0 Å². The molecular weight excluding hydrogens is 472 g/mol. The van der Waals surface area contributed by atoms with E-state index < -0.39 is 0 Å². The van der Waals surface area contributed by atoms with Gasteiger partial charge in [0.05, 0.1) is 45.8 Å². The molecule has 8 nitrogen and oxygen atoms in total. The molecule has 8 heterocycles. The maximum atomic E-state index is 4.62. The van der Waals surface area contributed by atoms with E-state index in [4.69, 9.17) is 0 Å². The molecule has 0 saturated carbocycles. The maximum Gasteiger partial charge on any atom is 0.0651 e. The van der Waals surface area contributed by atoms with Gasteiger partial charge in [0.2, 0.25) is 0 Å². The number of pyridine rings is 6. The summed E-state index contributed by atoms with van der Waals surface area (Å²) in [5.74, 6) is 0. The molecule has 0 aliphatic rings. The molecule has 38 heavy (non-hydrogen) atoms. The van der Waals surface area contributed by atoms with Gasteiger partial charge in [-0.3, -0.25) is 29.9 Å². The number of fused-ring (bicyclic) bond motifs is 6. The normalized spacial score (nSPS) is 11.7. The Labute approximate surface area is 215 Å². The summed E-state index contributed by atoms with van der Waals surface area (Å²) in [6.07, 6.45) is 22.3. The molecule has 178 valence electrons. The van der Waals surface area contributed by atoms with Gasteiger partial charge in [0.1, 0.15) is 0 Å². The van der Waals surface area contributed by atoms with Crippen molar-refractivity contribution < 1.29 is 0 Å². The van der Waals surface area contributed by atoms with E-state index in [1.165, 1.54) is 0 Å². The lowest BCUT2D eigenvalue weighted by Gasteiger charge is -2.11. The molecule has 0 unspecified atom stereocenters. The van der Waals surface area contributed by atoms with E-state index in [0.717, 1.165) is 66.1 Å². The van der Waals surface area contributed by atoms with Crippen LogP contribution in [0.25, 0.3) is 66.1 Å². The first-order chi connectivity index (χ1) is 18.9. The fourth-order valence-corrected chi connectivity index (χ4v) is 5.39. The molecule has 8 aromatic rings. The zero-order chi connectivity index (χ0) is 25.1. The average molecular weight is 491 g/mol. The first kappa shape index (κ1) is 20.7. The van der Waals surface area contributed by atoms with Gasteiger partial charge < -0.3 is 9.13 Å². The van der Waals surface area contributed by atoms with Gasteiger partial charge in [0.15, 0.2) is 0 Å². The van der Waals surface area contributed by atoms with Gasteiger partial charge >= 0.3 is 0 Å². The summed E-state index contributed by atoms with van der Waals surface area (Å²) in [7, 11) is 0. The number of nitrogens with zero attached hydrogens (tertiary/aromatic N) is 8. The highest BCUT2D eigenvalue weighted by molar-refractivity contribution is 6.09. The second kappa shape index (κ2) is 8.01. The van der Waals surface area contributed by atoms with Crippen molar-refractivity contribution in [3.8, 4) is 22.5 Å². The van der Waals surface area contributed by atoms with Crippen LogP contribution in [0.2, 0.25) is 0 Å². The van der Waals surface area contributed by atoms with Crippen LogP contribution in [-0.2, 0) is 0 Å². The van der Waals surface area contributed by atoms with E-state index >= 15 is 0 Å². The second-order valence-corrected chi connectivity index (χ2v) is 9.11. The highest BCUT2D eigenvalue weighted by atomic mass is 15.0. The molecule has 0 N–H and O–H groups in total. The van der Waals surface area contributed by atoms with E-state index in [2.05, 4.69) is 51.2 Å². The Morgan fingerprint density at radius 2 is 0.711 bits per heavy atom. The number of hydrogen-bond acceptors (Lipinski definition) is 6. The minimum Gasteiger partial charge on any atom is -0.307 e. The third-order valence-corrected chi connectivity index (χ3v) is 7.03. The predicted molar refractivity (Wildman–Crippen MR) is 147 cm³/mol. The first-order valence-corrected chi connectivity index (χ1v) is 12.1. The topological polar surface area (TPSA) is 87.2 Å². The molecule has 0 spiro atoms. The lowest BCUT2D eigenvalue weighted by molar-refractivity contribution is 1.12. The van der Waals surface area contributed by atoms with Gasteiger partial charge in [-0.05, 0) is 36.4 Å². The monoisotopic (exact) mass is 490 g/mol. The second-order valence-electron chi connectivity index (χ2n) is 9.11. The Bertz CT molecular complexity index is 1900. The van der Waals surface area contributed by atoms with E-state index in [9.17, 15) is 0 Å². The SMILES string of the molecule is c1cc2c(cn1)c1cnccc1n2-c1cncc(-c2cncc(-n3c4ccncc4c4cnccc43)c2)c1. The molecule has 8 heteroatoms. The summed E-state index contributed by atoms with van der Waals surface area (Å²) in [5.41, 5.74) is 8.09. The van der Waals surface area contributed by atoms with Crippen molar-refractivity contribution in [3.63, 3.8) is 0 Å². The number of aromatic nitrogens is 8. The van der Waals surface area contributed by atoms with Crippen molar-refractivity contribution in [3.05, 3.63) is 111 Å². The average Bonchev–Trinajstić information content (AvgIpc) is 3.51. The molecule has 8 aromatic heterocycles. The van der Waals surface area contributed by atoms with Crippen LogP contribution < -0.4 is 0 Å². The quantitative estimate of drug-likeness (QED) is 0.306. The number of rotatable bonds is 3. The fourth-order valence-electron chi connectivity index (χ4n) is 5.39. The number of hydrogen-bond donors (Lipinski definition) is 0. The van der Waals surface area contributed by atoms with Crippen LogP contribution in [0.5, 0.6) is 0 Å². The van der Waals surface area contributed by atoms with E-state index in [1.807, 2.05) is 98.6 Å². The fraction of sp³-hybridized carbons (Fsp3) is 0. The molecule has 0 radical (unpaired) electrons. The summed E-state index contributed by atoms with van der Waals surface area (Å²) in [5, 5.41) is 4.22. The van der Waals surface area contributed by atoms with Crippen LogP contribution in [0.15, 0.2) is 111 Å². The molecule has 0 aliphatic carbocycles. The van der Waals surface area contributed by atoms with Gasteiger partial charge in [0, 0.05) is 94.6 Å². The zero-order valence-electron chi connectivity index (χ0n) is 20.0. The first-order valence-electron chi connectivity index (χ1n) is 12.1. The third-order valence-electron chi connectivity index (χ3n) is 7.03. The minimum absolute atomic E-state index is 0.958. The summed E-state index contributed by atoms with van der Waals surface area (Å²) >= 11 is 0. The smallest absolute Gasteiger partial charge is 0.0651 e. The van der Waals surface area contributed by atoms with Crippen molar-refractivity contribution in [1.29, 1.82) is 0 Å². The van der Waals surface area contributed by atoms with E-state index in [1.54, 1.807) is 0 Å². The van der Waals surface area contributed by atoms with Crippen LogP contribution in [0.1, 0.15) is 0 Å². The lowest BCUT2D eigenvalue weighted by atomic mass is 10.1. The van der Waals surface area contributed by atoms with Gasteiger partial charge in [-0.2, -0.15) is 0 Å². The summed E-state index contributed by atoms with van der Waals surface area (Å²) in [6, 6.07) is 12.4. The summed E-state index contributed by atoms with van der Waals surface area (Å²) in [4.78, 5) is 26.6. The standard InChI is InChI=1S/C30H18N8/c1-5-31-15-23-24-16-32-6-2-28(24)37(27(1)23)21-9-19(11-35-13-21)20-10-22(14-36-12-20)38-29-3-7-33-17-25(29)26-18-34-8-4-30(26)38/h1-18H. The van der Waals surface area contributed by atoms with Crippen molar-refractivity contribution in [2.45, 2.75) is 0 Å². The van der Waals surface area contributed by atoms with Crippen LogP contribution in [0.4, 0.5) is 0 Å². The van der Waals surface area contributed by atoms with Crippen LogP contribution >= 0.6 is 0 Å². The largest absolute Gasteiger partial charge is 0.307 e. The highest BCUT2D eigenvalue weighted by Crippen LogP contribution is 2.34. The summed E-state index contributed by atoms with van der Waals surface area (Å²) < 4.78 is 4.41. The van der Waals surface area contributed by atoms with Crippen molar-refractivity contribution >= 4 is 43.6 Å². The Morgan fingerprint density at radius 1 is 0.368 bits per heavy atom. The Balaban J connectivity index is 1.32. The van der Waals surface area contributed by atoms with Gasteiger partial charge in [0.25, 0.3) is 0 Å². The zero-order valence-corrected chi connectivity index (χ0v) is 20.0.